The number of aromatic nitrogens is 1. The molecule has 3 rings (SSSR count). The summed E-state index contributed by atoms with van der Waals surface area (Å²) >= 11 is 0. The van der Waals surface area contributed by atoms with Gasteiger partial charge in [0.25, 0.3) is 0 Å². The van der Waals surface area contributed by atoms with E-state index in [-0.39, 0.29) is 10.8 Å². The van der Waals surface area contributed by atoms with Gasteiger partial charge in [0.05, 0.1) is 30.1 Å². The smallest absolute Gasteiger partial charge is 0.149 e. The van der Waals surface area contributed by atoms with Crippen LogP contribution < -0.4 is 21.7 Å². The van der Waals surface area contributed by atoms with Gasteiger partial charge in [0.1, 0.15) is 5.82 Å². The van der Waals surface area contributed by atoms with Crippen LogP contribution in [-0.4, -0.2) is 62.4 Å². The monoisotopic (exact) mass is 526 g/mol. The molecule has 2 aromatic rings. The van der Waals surface area contributed by atoms with Crippen molar-refractivity contribution in [2.24, 2.45) is 16.7 Å². The number of fused-ring (bicyclic) bond motifs is 1. The number of hydrogen-bond acceptors (Lipinski definition) is 7. The molecule has 0 spiro atoms. The molecule has 7 nitrogen and oxygen atoms in total. The second-order valence-corrected chi connectivity index (χ2v) is 12.8. The molecule has 7 heteroatoms. The number of nitrogen functional groups attached to an aromatic ring is 2. The van der Waals surface area contributed by atoms with Gasteiger partial charge in [0.15, 0.2) is 0 Å². The minimum absolute atomic E-state index is 0.123. The fourth-order valence-corrected chi connectivity index (χ4v) is 5.36. The molecular weight excluding hydrogens is 472 g/mol. The second-order valence-electron chi connectivity index (χ2n) is 12.8. The van der Waals surface area contributed by atoms with Gasteiger partial charge in [0.2, 0.25) is 0 Å². The predicted octanol–water partition coefficient (Wildman–Crippen LogP) is 6.24. The highest BCUT2D eigenvalue weighted by molar-refractivity contribution is 6.02. The summed E-state index contributed by atoms with van der Waals surface area (Å²) in [6, 6.07) is 6.47. The summed E-state index contributed by atoms with van der Waals surface area (Å²) in [5.41, 5.74) is 16.4. The van der Waals surface area contributed by atoms with Crippen molar-refractivity contribution >= 4 is 33.8 Å². The lowest BCUT2D eigenvalue weighted by Crippen LogP contribution is -2.49. The molecule has 0 saturated carbocycles. The number of unbranched alkanes of at least 4 members (excludes halogenated alkanes) is 2. The number of ether oxygens (including phenoxy) is 1. The van der Waals surface area contributed by atoms with Crippen molar-refractivity contribution in [1.82, 2.24) is 9.88 Å². The standard InChI is InChI=1S/C31H54N6O/c1-8-10-11-14-34-28-25-19-24(12-13-26(25)35-29(33)27(28)32)37-17-15-36(16-18-37)20-30(4,5)21-38-22-31(6,7)23(3)9-2/h12-13,19,23H,8-11,14-18,20-22,32H2,1-7H3,(H3,33,34,35). The number of pyridine rings is 1. The van der Waals surface area contributed by atoms with Crippen LogP contribution in [0.3, 0.4) is 0 Å². The molecule has 38 heavy (non-hydrogen) atoms. The first-order valence-electron chi connectivity index (χ1n) is 14.7. The fourth-order valence-electron chi connectivity index (χ4n) is 5.36. The van der Waals surface area contributed by atoms with Gasteiger partial charge in [-0.25, -0.2) is 4.98 Å². The van der Waals surface area contributed by atoms with Crippen molar-refractivity contribution < 1.29 is 4.74 Å². The Morgan fingerprint density at radius 2 is 1.74 bits per heavy atom. The van der Waals surface area contributed by atoms with Gasteiger partial charge in [-0.3, -0.25) is 4.90 Å². The van der Waals surface area contributed by atoms with Gasteiger partial charge in [-0.05, 0) is 36.0 Å². The number of piperazine rings is 1. The molecule has 0 aliphatic carbocycles. The third-order valence-electron chi connectivity index (χ3n) is 8.42. The van der Waals surface area contributed by atoms with E-state index >= 15 is 0 Å². The van der Waals surface area contributed by atoms with Crippen LogP contribution in [0.2, 0.25) is 0 Å². The van der Waals surface area contributed by atoms with Crippen LogP contribution in [0.15, 0.2) is 18.2 Å². The van der Waals surface area contributed by atoms with E-state index in [4.69, 9.17) is 16.2 Å². The summed E-state index contributed by atoms with van der Waals surface area (Å²) in [6.45, 7) is 23.8. The number of benzene rings is 1. The molecule has 1 aromatic heterocycles. The summed E-state index contributed by atoms with van der Waals surface area (Å²) in [5, 5.41) is 4.59. The van der Waals surface area contributed by atoms with Crippen LogP contribution in [0.4, 0.5) is 22.9 Å². The first kappa shape index (κ1) is 30.3. The lowest BCUT2D eigenvalue weighted by Gasteiger charge is -2.40. The van der Waals surface area contributed by atoms with Crippen molar-refractivity contribution in [3.05, 3.63) is 18.2 Å². The average molecular weight is 527 g/mol. The molecular formula is C31H54N6O. The largest absolute Gasteiger partial charge is 0.394 e. The van der Waals surface area contributed by atoms with E-state index in [1.54, 1.807) is 0 Å². The molecule has 1 fully saturated rings. The topological polar surface area (TPSA) is 92.7 Å². The van der Waals surface area contributed by atoms with Gasteiger partial charge < -0.3 is 26.4 Å². The Morgan fingerprint density at radius 1 is 1.03 bits per heavy atom. The van der Waals surface area contributed by atoms with E-state index in [0.717, 1.165) is 75.5 Å². The molecule has 1 aliphatic rings. The highest BCUT2D eigenvalue weighted by atomic mass is 16.5. The summed E-state index contributed by atoms with van der Waals surface area (Å²) in [5.74, 6) is 1.05. The highest BCUT2D eigenvalue weighted by Gasteiger charge is 2.29. The number of nitrogens with one attached hydrogen (secondary N) is 1. The Bertz CT molecular complexity index is 1030. The Labute approximate surface area is 231 Å². The Kier molecular flexibility index (Phi) is 10.5. The van der Waals surface area contributed by atoms with Crippen molar-refractivity contribution in [2.45, 2.75) is 74.1 Å². The van der Waals surface area contributed by atoms with E-state index in [1.807, 2.05) is 0 Å². The minimum atomic E-state index is 0.123. The Morgan fingerprint density at radius 3 is 2.39 bits per heavy atom. The summed E-state index contributed by atoms with van der Waals surface area (Å²) in [4.78, 5) is 9.61. The first-order valence-corrected chi connectivity index (χ1v) is 14.7. The number of hydrogen-bond donors (Lipinski definition) is 3. The van der Waals surface area contributed by atoms with Crippen LogP contribution in [0.5, 0.6) is 0 Å². The molecule has 1 aliphatic heterocycles. The van der Waals surface area contributed by atoms with Crippen LogP contribution in [0.1, 0.15) is 74.1 Å². The molecule has 1 aromatic carbocycles. The molecule has 0 radical (unpaired) electrons. The summed E-state index contributed by atoms with van der Waals surface area (Å²) in [6.07, 6.45) is 4.68. The highest BCUT2D eigenvalue weighted by Crippen LogP contribution is 2.35. The lowest BCUT2D eigenvalue weighted by molar-refractivity contribution is -0.0149. The van der Waals surface area contributed by atoms with Crippen molar-refractivity contribution in [3.63, 3.8) is 0 Å². The minimum Gasteiger partial charge on any atom is -0.394 e. The van der Waals surface area contributed by atoms with Gasteiger partial charge in [-0.1, -0.05) is 67.7 Å². The Hall–Kier alpha value is -2.25. The summed E-state index contributed by atoms with van der Waals surface area (Å²) < 4.78 is 6.26. The average Bonchev–Trinajstić information content (AvgIpc) is 2.87. The molecule has 0 bridgehead atoms. The number of rotatable bonds is 14. The van der Waals surface area contributed by atoms with Crippen LogP contribution in [-0.2, 0) is 4.74 Å². The molecule has 2 heterocycles. The van der Waals surface area contributed by atoms with E-state index in [2.05, 4.69) is 86.8 Å². The van der Waals surface area contributed by atoms with Crippen LogP contribution >= 0.6 is 0 Å². The molecule has 0 amide bonds. The third kappa shape index (κ3) is 7.89. The van der Waals surface area contributed by atoms with Crippen LogP contribution in [0.25, 0.3) is 10.9 Å². The lowest BCUT2D eigenvalue weighted by atomic mass is 9.79. The number of nitrogens with two attached hydrogens (primary N) is 2. The normalized spacial score (nSPS) is 16.2. The molecule has 214 valence electrons. The van der Waals surface area contributed by atoms with Crippen LogP contribution in [0, 0.1) is 16.7 Å². The van der Waals surface area contributed by atoms with Gasteiger partial charge in [-0.15, -0.1) is 0 Å². The second kappa shape index (κ2) is 13.2. The quantitative estimate of drug-likeness (QED) is 0.251. The maximum atomic E-state index is 6.37. The van der Waals surface area contributed by atoms with E-state index < -0.39 is 0 Å². The number of anilines is 4. The van der Waals surface area contributed by atoms with E-state index in [1.165, 1.54) is 24.9 Å². The maximum Gasteiger partial charge on any atom is 0.149 e. The Balaban J connectivity index is 1.59. The maximum absolute atomic E-state index is 6.37. The molecule has 1 saturated heterocycles. The zero-order chi connectivity index (χ0) is 27.9. The van der Waals surface area contributed by atoms with Gasteiger partial charge in [-0.2, -0.15) is 0 Å². The zero-order valence-electron chi connectivity index (χ0n) is 25.2. The predicted molar refractivity (Wildman–Crippen MR) is 165 cm³/mol. The number of nitrogens with zero attached hydrogens (tertiary/aromatic N) is 3. The zero-order valence-corrected chi connectivity index (χ0v) is 25.2. The first-order chi connectivity index (χ1) is 18.0. The molecule has 1 atom stereocenters. The van der Waals surface area contributed by atoms with Crippen molar-refractivity contribution in [2.75, 3.05) is 74.2 Å². The fraction of sp³-hybridized carbons (Fsp3) is 0.710. The third-order valence-corrected chi connectivity index (χ3v) is 8.42. The van der Waals surface area contributed by atoms with Crippen molar-refractivity contribution in [1.29, 1.82) is 0 Å². The van der Waals surface area contributed by atoms with Crippen molar-refractivity contribution in [3.8, 4) is 0 Å². The molecule has 5 N–H and O–H groups in total. The van der Waals surface area contributed by atoms with Gasteiger partial charge in [0, 0.05) is 55.8 Å². The van der Waals surface area contributed by atoms with Gasteiger partial charge >= 0.3 is 0 Å². The molecule has 1 unspecified atom stereocenters. The van der Waals surface area contributed by atoms with E-state index in [0.29, 0.717) is 17.4 Å². The summed E-state index contributed by atoms with van der Waals surface area (Å²) in [7, 11) is 0. The SMILES string of the molecule is CCCCCNc1c(N)c(N)nc2ccc(N3CCN(CC(C)(C)COCC(C)(C)C(C)CC)CC3)cc12. The van der Waals surface area contributed by atoms with E-state index in [9.17, 15) is 0 Å².